The smallest absolute Gasteiger partial charge is 0.325 e. The van der Waals surface area contributed by atoms with E-state index >= 15 is 0 Å². The minimum Gasteiger partial charge on any atom is -0.480 e. The maximum atomic E-state index is 11.7. The first-order chi connectivity index (χ1) is 9.38. The second-order valence-electron chi connectivity index (χ2n) is 4.54. The summed E-state index contributed by atoms with van der Waals surface area (Å²) in [5, 5.41) is 17.5. The molecule has 20 heavy (non-hydrogen) atoms. The second kappa shape index (κ2) is 5.57. The Morgan fingerprint density at radius 1 is 1.50 bits per heavy atom. The average Bonchev–Trinajstić information content (AvgIpc) is 2.92. The fourth-order valence-electron chi connectivity index (χ4n) is 2.00. The molecule has 9 nitrogen and oxygen atoms in total. The molecule has 0 radical (unpaired) electrons. The van der Waals surface area contributed by atoms with Gasteiger partial charge in [0.25, 0.3) is 5.91 Å². The lowest BCUT2D eigenvalue weighted by atomic mass is 10.2. The van der Waals surface area contributed by atoms with Gasteiger partial charge >= 0.3 is 5.97 Å². The number of nitrogens with zero attached hydrogens (tertiary/aromatic N) is 3. The van der Waals surface area contributed by atoms with Crippen LogP contribution < -0.4 is 5.32 Å². The van der Waals surface area contributed by atoms with E-state index in [0.717, 1.165) is 4.68 Å². The van der Waals surface area contributed by atoms with Gasteiger partial charge in [0.1, 0.15) is 6.54 Å². The van der Waals surface area contributed by atoms with Crippen LogP contribution in [0.25, 0.3) is 0 Å². The van der Waals surface area contributed by atoms with Crippen LogP contribution >= 0.6 is 0 Å². The molecule has 1 aliphatic rings. The van der Waals surface area contributed by atoms with Gasteiger partial charge in [0.05, 0.1) is 17.2 Å². The van der Waals surface area contributed by atoms with Gasteiger partial charge in [-0.3, -0.25) is 9.59 Å². The summed E-state index contributed by atoms with van der Waals surface area (Å²) in [7, 11) is -3.11. The summed E-state index contributed by atoms with van der Waals surface area (Å²) in [6, 6.07) is 0. The van der Waals surface area contributed by atoms with Gasteiger partial charge in [-0.05, 0) is 12.8 Å². The second-order valence-corrected chi connectivity index (χ2v) is 6.94. The number of sulfone groups is 1. The third-order valence-corrected chi connectivity index (χ3v) is 5.30. The van der Waals surface area contributed by atoms with Crippen LogP contribution in [0.2, 0.25) is 0 Å². The van der Waals surface area contributed by atoms with Crippen LogP contribution in [0.1, 0.15) is 23.3 Å². The zero-order valence-electron chi connectivity index (χ0n) is 10.5. The summed E-state index contributed by atoms with van der Waals surface area (Å²) in [5.41, 5.74) is -0.0401. The van der Waals surface area contributed by atoms with E-state index in [4.69, 9.17) is 5.11 Å². The summed E-state index contributed by atoms with van der Waals surface area (Å²) in [5.74, 6) is -1.51. The molecule has 2 N–H and O–H groups in total. The zero-order chi connectivity index (χ0) is 14.8. The van der Waals surface area contributed by atoms with Gasteiger partial charge in [0, 0.05) is 6.54 Å². The average molecular weight is 302 g/mol. The number of aromatic nitrogens is 3. The van der Waals surface area contributed by atoms with Gasteiger partial charge in [-0.25, -0.2) is 13.1 Å². The van der Waals surface area contributed by atoms with Gasteiger partial charge in [-0.2, -0.15) is 0 Å². The van der Waals surface area contributed by atoms with Crippen LogP contribution in [0.5, 0.6) is 0 Å². The van der Waals surface area contributed by atoms with E-state index in [1.54, 1.807) is 0 Å². The topological polar surface area (TPSA) is 131 Å². The Labute approximate surface area is 114 Å². The van der Waals surface area contributed by atoms with Gasteiger partial charge in [0.2, 0.25) is 0 Å². The summed E-state index contributed by atoms with van der Waals surface area (Å²) in [6.07, 6.45) is 2.35. The normalized spacial score (nSPS) is 20.7. The molecular weight excluding hydrogens is 288 g/mol. The van der Waals surface area contributed by atoms with Gasteiger partial charge in [-0.15, -0.1) is 5.10 Å². The van der Waals surface area contributed by atoms with Crippen molar-refractivity contribution in [1.29, 1.82) is 0 Å². The Morgan fingerprint density at radius 3 is 2.85 bits per heavy atom. The molecule has 1 aromatic rings. The Morgan fingerprint density at radius 2 is 2.25 bits per heavy atom. The number of carbonyl (C=O) groups is 2. The van der Waals surface area contributed by atoms with Crippen molar-refractivity contribution in [3.63, 3.8) is 0 Å². The molecule has 2 heterocycles. The first-order valence-corrected chi connectivity index (χ1v) is 7.72. The fourth-order valence-corrected chi connectivity index (χ4v) is 3.77. The first-order valence-electron chi connectivity index (χ1n) is 6.00. The number of rotatable bonds is 5. The van der Waals surface area contributed by atoms with Crippen LogP contribution in [-0.4, -0.2) is 57.9 Å². The van der Waals surface area contributed by atoms with Crippen LogP contribution in [-0.2, 0) is 21.2 Å². The van der Waals surface area contributed by atoms with E-state index in [1.165, 1.54) is 6.20 Å². The van der Waals surface area contributed by atoms with Gasteiger partial charge in [0.15, 0.2) is 15.5 Å². The van der Waals surface area contributed by atoms with E-state index in [1.807, 2.05) is 0 Å². The Hall–Kier alpha value is -1.97. The molecule has 110 valence electrons. The molecule has 1 unspecified atom stereocenters. The molecule has 0 aromatic carbocycles. The highest BCUT2D eigenvalue weighted by atomic mass is 32.2. The minimum atomic E-state index is -3.11. The van der Waals surface area contributed by atoms with E-state index in [-0.39, 0.29) is 18.0 Å². The number of carbonyl (C=O) groups excluding carboxylic acids is 1. The predicted molar refractivity (Wildman–Crippen MR) is 66.8 cm³/mol. The van der Waals surface area contributed by atoms with Crippen molar-refractivity contribution in [2.75, 3.05) is 12.3 Å². The van der Waals surface area contributed by atoms with Crippen molar-refractivity contribution in [1.82, 2.24) is 20.3 Å². The van der Waals surface area contributed by atoms with Crippen molar-refractivity contribution in [2.24, 2.45) is 0 Å². The number of amides is 1. The van der Waals surface area contributed by atoms with E-state index in [0.29, 0.717) is 12.8 Å². The molecular formula is C10H14N4O5S. The minimum absolute atomic E-state index is 0.0347. The van der Waals surface area contributed by atoms with E-state index < -0.39 is 33.5 Å². The molecule has 1 aliphatic heterocycles. The number of hydrogen-bond donors (Lipinski definition) is 2. The molecule has 0 bridgehead atoms. The molecule has 0 spiro atoms. The van der Waals surface area contributed by atoms with Gasteiger partial charge < -0.3 is 10.4 Å². The monoisotopic (exact) mass is 302 g/mol. The summed E-state index contributed by atoms with van der Waals surface area (Å²) in [4.78, 5) is 22.2. The standard InChI is InChI=1S/C10H14N4O5S/c15-9(16)6-14-5-8(12-13-14)10(17)11-4-7-2-1-3-20(7,18)19/h5,7H,1-4,6H2,(H,11,17)(H,15,16). The molecule has 1 fully saturated rings. The first kappa shape index (κ1) is 14.4. The summed E-state index contributed by atoms with van der Waals surface area (Å²) >= 11 is 0. The maximum absolute atomic E-state index is 11.7. The van der Waals surface area contributed by atoms with Crippen LogP contribution in [0.3, 0.4) is 0 Å². The van der Waals surface area contributed by atoms with E-state index in [9.17, 15) is 18.0 Å². The van der Waals surface area contributed by atoms with Crippen molar-refractivity contribution in [3.8, 4) is 0 Å². The Balaban J connectivity index is 1.92. The molecule has 2 rings (SSSR count). The zero-order valence-corrected chi connectivity index (χ0v) is 11.3. The lowest BCUT2D eigenvalue weighted by Gasteiger charge is -2.09. The fraction of sp³-hybridized carbons (Fsp3) is 0.600. The Bertz CT molecular complexity index is 623. The van der Waals surface area contributed by atoms with Crippen molar-refractivity contribution in [2.45, 2.75) is 24.6 Å². The number of aliphatic carboxylic acids is 1. The van der Waals surface area contributed by atoms with Crippen LogP contribution in [0.4, 0.5) is 0 Å². The van der Waals surface area contributed by atoms with Crippen molar-refractivity contribution < 1.29 is 23.1 Å². The summed E-state index contributed by atoms with van der Waals surface area (Å²) in [6.45, 7) is -0.357. The Kier molecular flexibility index (Phi) is 4.02. The largest absolute Gasteiger partial charge is 0.480 e. The van der Waals surface area contributed by atoms with E-state index in [2.05, 4.69) is 15.6 Å². The maximum Gasteiger partial charge on any atom is 0.325 e. The molecule has 1 saturated heterocycles. The molecule has 1 aromatic heterocycles. The number of carboxylic acid groups (broad SMARTS) is 1. The third-order valence-electron chi connectivity index (χ3n) is 3.02. The predicted octanol–water partition coefficient (Wildman–Crippen LogP) is -1.33. The quantitative estimate of drug-likeness (QED) is 0.688. The SMILES string of the molecule is O=C(O)Cn1cc(C(=O)NCC2CCCS2(=O)=O)nn1. The molecule has 1 atom stereocenters. The highest BCUT2D eigenvalue weighted by molar-refractivity contribution is 7.92. The van der Waals surface area contributed by atoms with Crippen LogP contribution in [0, 0.1) is 0 Å². The summed E-state index contributed by atoms with van der Waals surface area (Å²) < 4.78 is 24.2. The number of hydrogen-bond acceptors (Lipinski definition) is 6. The highest BCUT2D eigenvalue weighted by Crippen LogP contribution is 2.19. The third kappa shape index (κ3) is 3.32. The molecule has 10 heteroatoms. The molecule has 0 saturated carbocycles. The molecule has 1 amide bonds. The van der Waals surface area contributed by atoms with Crippen LogP contribution in [0.15, 0.2) is 6.20 Å². The molecule has 0 aliphatic carbocycles. The number of nitrogens with one attached hydrogen (secondary N) is 1. The lowest BCUT2D eigenvalue weighted by molar-refractivity contribution is -0.137. The van der Waals surface area contributed by atoms with Crippen molar-refractivity contribution >= 4 is 21.7 Å². The lowest BCUT2D eigenvalue weighted by Crippen LogP contribution is -2.34. The number of carboxylic acids is 1. The van der Waals surface area contributed by atoms with Gasteiger partial charge in [-0.1, -0.05) is 5.21 Å². The van der Waals surface area contributed by atoms with Crippen molar-refractivity contribution in [3.05, 3.63) is 11.9 Å². The highest BCUT2D eigenvalue weighted by Gasteiger charge is 2.31.